The quantitative estimate of drug-likeness (QED) is 0.298. The van der Waals surface area contributed by atoms with Crippen LogP contribution in [0.3, 0.4) is 0 Å². The van der Waals surface area contributed by atoms with Crippen molar-refractivity contribution in [1.82, 2.24) is 10.4 Å². The Morgan fingerprint density at radius 3 is 2.85 bits per heavy atom. The van der Waals surface area contributed by atoms with Crippen LogP contribution in [0.4, 0.5) is 5.13 Å². The predicted octanol–water partition coefficient (Wildman–Crippen LogP) is 6.01. The summed E-state index contributed by atoms with van der Waals surface area (Å²) in [6.45, 7) is 2.21. The fraction of sp³-hybridized carbons (Fsp3) is 0.368. The summed E-state index contributed by atoms with van der Waals surface area (Å²) in [5.74, 6) is 0.633. The third kappa shape index (κ3) is 5.21. The molecule has 0 aliphatic carbocycles. The van der Waals surface area contributed by atoms with Gasteiger partial charge in [0.2, 0.25) is 5.13 Å². The van der Waals surface area contributed by atoms with Crippen LogP contribution in [-0.2, 0) is 6.42 Å². The number of halogens is 1. The van der Waals surface area contributed by atoms with Crippen LogP contribution in [0.25, 0.3) is 10.2 Å². The smallest absolute Gasteiger partial charge is 0.279 e. The van der Waals surface area contributed by atoms with E-state index in [0.717, 1.165) is 33.3 Å². The Hall–Kier alpha value is -1.64. The van der Waals surface area contributed by atoms with Gasteiger partial charge in [0, 0.05) is 9.35 Å². The third-order valence-electron chi connectivity index (χ3n) is 4.12. The molecule has 0 radical (unpaired) electrons. The number of hydrogen-bond acceptors (Lipinski definition) is 6. The van der Waals surface area contributed by atoms with E-state index in [1.807, 2.05) is 24.3 Å². The van der Waals surface area contributed by atoms with Gasteiger partial charge in [0.1, 0.15) is 5.75 Å². The van der Waals surface area contributed by atoms with E-state index in [2.05, 4.69) is 38.7 Å². The first-order valence-corrected chi connectivity index (χ1v) is 11.3. The highest BCUT2D eigenvalue weighted by molar-refractivity contribution is 9.10. The number of methoxy groups -OCH3 is 1. The minimum absolute atomic E-state index is 0.155. The number of benzene rings is 1. The van der Waals surface area contributed by atoms with E-state index in [-0.39, 0.29) is 5.91 Å². The molecule has 8 heteroatoms. The number of aromatic nitrogens is 1. The first kappa shape index (κ1) is 20.1. The molecule has 0 aliphatic rings. The number of carbonyl (C=O) groups is 1. The second-order valence-electron chi connectivity index (χ2n) is 6.12. The van der Waals surface area contributed by atoms with Crippen molar-refractivity contribution >= 4 is 59.9 Å². The second kappa shape index (κ2) is 9.52. The molecule has 0 atom stereocenters. The van der Waals surface area contributed by atoms with E-state index < -0.39 is 0 Å². The summed E-state index contributed by atoms with van der Waals surface area (Å²) < 4.78 is 7.24. The maximum atomic E-state index is 12.4. The number of ether oxygens (including phenoxy) is 1. The van der Waals surface area contributed by atoms with Gasteiger partial charge in [-0.05, 0) is 53.0 Å². The minimum atomic E-state index is -0.155. The van der Waals surface area contributed by atoms with Crippen molar-refractivity contribution in [1.29, 1.82) is 0 Å². The number of unbranched alkanes of at least 4 members (excludes halogenated alkanes) is 3. The number of thiophene rings is 1. The molecule has 27 heavy (non-hydrogen) atoms. The van der Waals surface area contributed by atoms with E-state index in [0.29, 0.717) is 10.0 Å². The summed E-state index contributed by atoms with van der Waals surface area (Å²) in [5, 5.41) is 0.641. The van der Waals surface area contributed by atoms with Crippen LogP contribution in [0.15, 0.2) is 28.7 Å². The normalized spacial score (nSPS) is 10.9. The molecule has 0 fully saturated rings. The highest BCUT2D eigenvalue weighted by Crippen LogP contribution is 2.30. The zero-order chi connectivity index (χ0) is 19.2. The van der Waals surface area contributed by atoms with Gasteiger partial charge < -0.3 is 4.74 Å². The molecule has 0 unspecified atom stereocenters. The molecular formula is C19H22BrN3O2S2. The Bertz CT molecular complexity index is 923. The van der Waals surface area contributed by atoms with Crippen LogP contribution in [0.5, 0.6) is 5.75 Å². The summed E-state index contributed by atoms with van der Waals surface area (Å²) in [6.07, 6.45) is 5.87. The van der Waals surface area contributed by atoms with Crippen molar-refractivity contribution in [2.45, 2.75) is 39.0 Å². The van der Waals surface area contributed by atoms with Gasteiger partial charge in [0.25, 0.3) is 5.91 Å². The lowest BCUT2D eigenvalue weighted by Gasteiger charge is -2.03. The van der Waals surface area contributed by atoms with Gasteiger partial charge in [-0.2, -0.15) is 0 Å². The molecule has 0 aliphatic heterocycles. The number of carbonyl (C=O) groups excluding carboxylic acids is 1. The number of anilines is 1. The summed E-state index contributed by atoms with van der Waals surface area (Å²) in [5.41, 5.74) is 6.52. The van der Waals surface area contributed by atoms with Crippen LogP contribution in [0, 0.1) is 0 Å². The van der Waals surface area contributed by atoms with Gasteiger partial charge in [-0.15, -0.1) is 11.3 Å². The van der Waals surface area contributed by atoms with E-state index in [9.17, 15) is 4.79 Å². The lowest BCUT2D eigenvalue weighted by molar-refractivity contribution is 0.0966. The Kier molecular flexibility index (Phi) is 7.09. The van der Waals surface area contributed by atoms with Crippen LogP contribution in [-0.4, -0.2) is 18.0 Å². The molecule has 3 aromatic rings. The zero-order valence-corrected chi connectivity index (χ0v) is 18.5. The lowest BCUT2D eigenvalue weighted by atomic mass is 10.1. The molecule has 144 valence electrons. The fourth-order valence-electron chi connectivity index (χ4n) is 2.66. The number of hydrazine groups is 1. The lowest BCUT2D eigenvalue weighted by Crippen LogP contribution is -2.28. The Balaban J connectivity index is 1.59. The summed E-state index contributed by atoms with van der Waals surface area (Å²) in [4.78, 5) is 18.8. The third-order valence-corrected chi connectivity index (χ3v) is 7.21. The van der Waals surface area contributed by atoms with Gasteiger partial charge in [-0.25, -0.2) is 4.98 Å². The number of fused-ring (bicyclic) bond motifs is 1. The molecule has 3 rings (SSSR count). The molecular weight excluding hydrogens is 446 g/mol. The minimum Gasteiger partial charge on any atom is -0.497 e. The molecule has 2 N–H and O–H groups in total. The summed E-state index contributed by atoms with van der Waals surface area (Å²) >= 11 is 6.58. The van der Waals surface area contributed by atoms with Gasteiger partial charge in [-0.1, -0.05) is 37.5 Å². The maximum Gasteiger partial charge on any atom is 0.279 e. The van der Waals surface area contributed by atoms with Gasteiger partial charge >= 0.3 is 0 Å². The molecule has 2 heterocycles. The number of thiazole rings is 1. The summed E-state index contributed by atoms with van der Waals surface area (Å²) in [6, 6.07) is 7.59. The molecule has 1 amide bonds. The Labute approximate surface area is 175 Å². The van der Waals surface area contributed by atoms with Crippen molar-refractivity contribution in [2.75, 3.05) is 12.5 Å². The van der Waals surface area contributed by atoms with Crippen LogP contribution in [0.1, 0.15) is 47.2 Å². The van der Waals surface area contributed by atoms with E-state index in [1.54, 1.807) is 7.11 Å². The number of amides is 1. The topological polar surface area (TPSA) is 63.2 Å². The summed E-state index contributed by atoms with van der Waals surface area (Å²) in [7, 11) is 1.64. The molecule has 0 saturated carbocycles. The van der Waals surface area contributed by atoms with Crippen molar-refractivity contribution in [3.05, 3.63) is 38.5 Å². The van der Waals surface area contributed by atoms with Crippen LogP contribution >= 0.6 is 38.6 Å². The Morgan fingerprint density at radius 1 is 1.22 bits per heavy atom. The first-order valence-electron chi connectivity index (χ1n) is 8.90. The highest BCUT2D eigenvalue weighted by atomic mass is 79.9. The highest BCUT2D eigenvalue weighted by Gasteiger charge is 2.14. The molecule has 0 spiro atoms. The van der Waals surface area contributed by atoms with Crippen molar-refractivity contribution in [3.8, 4) is 5.75 Å². The molecule has 0 bridgehead atoms. The number of nitrogens with zero attached hydrogens (tertiary/aromatic N) is 1. The standard InChI is InChI=1S/C19H22BrN3O2S2/c1-3-4-5-6-7-15-13(20)11-17(26-15)18(24)22-23-19-21-14-9-8-12(25-2)10-16(14)27-19/h8-11H,3-7H2,1-2H3,(H,21,23)(H,22,24). The molecule has 2 aromatic heterocycles. The molecule has 5 nitrogen and oxygen atoms in total. The average molecular weight is 468 g/mol. The predicted molar refractivity (Wildman–Crippen MR) is 117 cm³/mol. The SMILES string of the molecule is CCCCCCc1sc(C(=O)NNc2nc3ccc(OC)cc3s2)cc1Br. The van der Waals surface area contributed by atoms with E-state index in [4.69, 9.17) is 4.74 Å². The van der Waals surface area contributed by atoms with E-state index in [1.165, 1.54) is 46.8 Å². The average Bonchev–Trinajstić information content (AvgIpc) is 3.25. The monoisotopic (exact) mass is 467 g/mol. The largest absolute Gasteiger partial charge is 0.497 e. The number of rotatable bonds is 9. The maximum absolute atomic E-state index is 12.4. The molecule has 1 aromatic carbocycles. The van der Waals surface area contributed by atoms with Crippen molar-refractivity contribution < 1.29 is 9.53 Å². The number of aryl methyl sites for hydroxylation is 1. The number of nitrogens with one attached hydrogen (secondary N) is 2. The van der Waals surface area contributed by atoms with Crippen LogP contribution < -0.4 is 15.6 Å². The molecule has 0 saturated heterocycles. The van der Waals surface area contributed by atoms with Gasteiger partial charge in [-0.3, -0.25) is 15.6 Å². The number of hydrogen-bond donors (Lipinski definition) is 2. The van der Waals surface area contributed by atoms with Crippen molar-refractivity contribution in [3.63, 3.8) is 0 Å². The first-order chi connectivity index (χ1) is 13.1. The van der Waals surface area contributed by atoms with Gasteiger partial charge in [0.15, 0.2) is 0 Å². The van der Waals surface area contributed by atoms with Crippen molar-refractivity contribution in [2.24, 2.45) is 0 Å². The van der Waals surface area contributed by atoms with E-state index >= 15 is 0 Å². The van der Waals surface area contributed by atoms with Gasteiger partial charge in [0.05, 0.1) is 22.2 Å². The second-order valence-corrected chi connectivity index (χ2v) is 9.15. The fourth-order valence-corrected chi connectivity index (χ4v) is 5.32. The zero-order valence-electron chi connectivity index (χ0n) is 15.3. The van der Waals surface area contributed by atoms with Crippen LogP contribution in [0.2, 0.25) is 0 Å². The Morgan fingerprint density at radius 2 is 2.07 bits per heavy atom.